The Hall–Kier alpha value is -0.710. The summed E-state index contributed by atoms with van der Waals surface area (Å²) < 4.78 is 0. The standard InChI is InChI=1S/C7H8BrNO3/c8-3-5(10)4-9-6(11)1-2-7(9)12/h1-4H2. The SMILES string of the molecule is O=C(CBr)CN1C(=O)CCC1=O. The van der Waals surface area contributed by atoms with Crippen molar-refractivity contribution in [3.8, 4) is 0 Å². The van der Waals surface area contributed by atoms with Gasteiger partial charge in [-0.05, 0) is 0 Å². The van der Waals surface area contributed by atoms with Gasteiger partial charge < -0.3 is 0 Å². The van der Waals surface area contributed by atoms with Crippen LogP contribution in [0.3, 0.4) is 0 Å². The normalized spacial score (nSPS) is 17.2. The smallest absolute Gasteiger partial charge is 0.230 e. The van der Waals surface area contributed by atoms with E-state index in [1.54, 1.807) is 0 Å². The summed E-state index contributed by atoms with van der Waals surface area (Å²) in [6, 6.07) is 0. The number of imide groups is 1. The van der Waals surface area contributed by atoms with E-state index in [-0.39, 0.29) is 42.3 Å². The first-order valence-corrected chi connectivity index (χ1v) is 4.68. The molecule has 1 aliphatic rings. The van der Waals surface area contributed by atoms with Gasteiger partial charge in [0.15, 0.2) is 5.78 Å². The van der Waals surface area contributed by atoms with Gasteiger partial charge in [0.25, 0.3) is 0 Å². The number of rotatable bonds is 3. The van der Waals surface area contributed by atoms with Crippen molar-refractivity contribution < 1.29 is 14.4 Å². The van der Waals surface area contributed by atoms with Gasteiger partial charge in [-0.2, -0.15) is 0 Å². The Labute approximate surface area is 78.0 Å². The number of alkyl halides is 1. The summed E-state index contributed by atoms with van der Waals surface area (Å²) in [5.41, 5.74) is 0. The van der Waals surface area contributed by atoms with Crippen LogP contribution in [0.5, 0.6) is 0 Å². The van der Waals surface area contributed by atoms with Crippen LogP contribution in [0.4, 0.5) is 0 Å². The Morgan fingerprint density at radius 3 is 2.25 bits per heavy atom. The summed E-state index contributed by atoms with van der Waals surface area (Å²) in [5, 5.41) is 0.185. The lowest BCUT2D eigenvalue weighted by atomic mass is 10.4. The molecule has 0 saturated carbocycles. The second-order valence-corrected chi connectivity index (χ2v) is 3.11. The van der Waals surface area contributed by atoms with Crippen LogP contribution in [0.2, 0.25) is 0 Å². The molecule has 66 valence electrons. The molecule has 1 rings (SSSR count). The number of carbonyl (C=O) groups is 3. The van der Waals surface area contributed by atoms with Crippen molar-refractivity contribution in [1.82, 2.24) is 4.90 Å². The molecule has 4 nitrogen and oxygen atoms in total. The summed E-state index contributed by atoms with van der Waals surface area (Å²) in [5.74, 6) is -0.637. The van der Waals surface area contributed by atoms with Crippen molar-refractivity contribution in [2.24, 2.45) is 0 Å². The summed E-state index contributed by atoms with van der Waals surface area (Å²) >= 11 is 2.96. The molecule has 5 heteroatoms. The van der Waals surface area contributed by atoms with Gasteiger partial charge in [-0.25, -0.2) is 0 Å². The van der Waals surface area contributed by atoms with Gasteiger partial charge in [-0.3, -0.25) is 19.3 Å². The van der Waals surface area contributed by atoms with Gasteiger partial charge in [0.05, 0.1) is 11.9 Å². The number of Topliss-reactive ketones (excluding diaryl/α,β-unsaturated/α-hetero) is 1. The van der Waals surface area contributed by atoms with Crippen LogP contribution in [-0.2, 0) is 14.4 Å². The number of hydrogen-bond acceptors (Lipinski definition) is 3. The van der Waals surface area contributed by atoms with Gasteiger partial charge >= 0.3 is 0 Å². The zero-order valence-corrected chi connectivity index (χ0v) is 7.96. The molecule has 1 fully saturated rings. The third kappa shape index (κ3) is 1.91. The lowest BCUT2D eigenvalue weighted by Gasteiger charge is -2.10. The van der Waals surface area contributed by atoms with Crippen molar-refractivity contribution >= 4 is 33.5 Å². The van der Waals surface area contributed by atoms with E-state index in [4.69, 9.17) is 0 Å². The molecule has 1 heterocycles. The number of carbonyl (C=O) groups excluding carboxylic acids is 3. The molecule has 0 aromatic rings. The molecule has 0 radical (unpaired) electrons. The highest BCUT2D eigenvalue weighted by atomic mass is 79.9. The largest absolute Gasteiger partial charge is 0.297 e. The summed E-state index contributed by atoms with van der Waals surface area (Å²) in [6.45, 7) is -0.0804. The number of hydrogen-bond donors (Lipinski definition) is 0. The third-order valence-electron chi connectivity index (χ3n) is 1.64. The maximum atomic E-state index is 11.0. The Kier molecular flexibility index (Phi) is 2.97. The van der Waals surface area contributed by atoms with Gasteiger partial charge in [0.2, 0.25) is 11.8 Å². The van der Waals surface area contributed by atoms with Crippen molar-refractivity contribution in [3.05, 3.63) is 0 Å². The first-order valence-electron chi connectivity index (χ1n) is 3.56. The zero-order valence-electron chi connectivity index (χ0n) is 6.38. The monoisotopic (exact) mass is 233 g/mol. The minimum Gasteiger partial charge on any atom is -0.297 e. The molecule has 0 aromatic heterocycles. The summed E-state index contributed by atoms with van der Waals surface area (Å²) in [7, 11) is 0. The van der Waals surface area contributed by atoms with E-state index in [0.29, 0.717) is 0 Å². The van der Waals surface area contributed by atoms with E-state index in [2.05, 4.69) is 15.9 Å². The minimum atomic E-state index is -0.241. The molecule has 12 heavy (non-hydrogen) atoms. The fourth-order valence-corrected chi connectivity index (χ4v) is 1.20. The molecule has 1 aliphatic heterocycles. The van der Waals surface area contributed by atoms with Crippen molar-refractivity contribution in [2.75, 3.05) is 11.9 Å². The molecule has 1 saturated heterocycles. The number of likely N-dealkylation sites (tertiary alicyclic amines) is 1. The van der Waals surface area contributed by atoms with Crippen LogP contribution < -0.4 is 0 Å². The Bertz CT molecular complexity index is 223. The Balaban J connectivity index is 2.56. The van der Waals surface area contributed by atoms with Crippen molar-refractivity contribution in [2.45, 2.75) is 12.8 Å². The van der Waals surface area contributed by atoms with Gasteiger partial charge in [0.1, 0.15) is 0 Å². The zero-order chi connectivity index (χ0) is 9.14. The van der Waals surface area contributed by atoms with E-state index >= 15 is 0 Å². The van der Waals surface area contributed by atoms with E-state index in [1.807, 2.05) is 0 Å². The van der Waals surface area contributed by atoms with Crippen LogP contribution in [0.1, 0.15) is 12.8 Å². The van der Waals surface area contributed by atoms with Gasteiger partial charge in [-0.1, -0.05) is 15.9 Å². The molecule has 0 aliphatic carbocycles. The first-order chi connectivity index (χ1) is 5.65. The number of nitrogens with zero attached hydrogens (tertiary/aromatic N) is 1. The Morgan fingerprint density at radius 1 is 1.33 bits per heavy atom. The second kappa shape index (κ2) is 3.80. The highest BCUT2D eigenvalue weighted by molar-refractivity contribution is 9.09. The Morgan fingerprint density at radius 2 is 1.83 bits per heavy atom. The van der Waals surface area contributed by atoms with Gasteiger partial charge in [-0.15, -0.1) is 0 Å². The van der Waals surface area contributed by atoms with Gasteiger partial charge in [0, 0.05) is 12.8 Å². The van der Waals surface area contributed by atoms with Crippen LogP contribution >= 0.6 is 15.9 Å². The summed E-state index contributed by atoms with van der Waals surface area (Å²) in [4.78, 5) is 33.8. The number of halogens is 1. The molecule has 2 amide bonds. The summed E-state index contributed by atoms with van der Waals surface area (Å²) in [6.07, 6.45) is 0.489. The lowest BCUT2D eigenvalue weighted by molar-refractivity contribution is -0.141. The average Bonchev–Trinajstić information content (AvgIpc) is 2.35. The molecular formula is C7H8BrNO3. The maximum absolute atomic E-state index is 11.0. The predicted molar refractivity (Wildman–Crippen MR) is 44.8 cm³/mol. The van der Waals surface area contributed by atoms with Crippen LogP contribution in [0, 0.1) is 0 Å². The van der Waals surface area contributed by atoms with E-state index < -0.39 is 0 Å². The molecule has 0 N–H and O–H groups in total. The quantitative estimate of drug-likeness (QED) is 0.514. The maximum Gasteiger partial charge on any atom is 0.230 e. The number of ketones is 1. The van der Waals surface area contributed by atoms with Crippen LogP contribution in [0.25, 0.3) is 0 Å². The van der Waals surface area contributed by atoms with Crippen LogP contribution in [-0.4, -0.2) is 34.4 Å². The third-order valence-corrected chi connectivity index (χ3v) is 2.26. The number of amides is 2. The van der Waals surface area contributed by atoms with E-state index in [0.717, 1.165) is 4.90 Å². The highest BCUT2D eigenvalue weighted by Crippen LogP contribution is 2.10. The fraction of sp³-hybridized carbons (Fsp3) is 0.571. The van der Waals surface area contributed by atoms with E-state index in [9.17, 15) is 14.4 Å². The van der Waals surface area contributed by atoms with Crippen molar-refractivity contribution in [1.29, 1.82) is 0 Å². The van der Waals surface area contributed by atoms with Crippen LogP contribution in [0.15, 0.2) is 0 Å². The predicted octanol–water partition coefficient (Wildman–Crippen LogP) is 0.0994. The van der Waals surface area contributed by atoms with Crippen molar-refractivity contribution in [3.63, 3.8) is 0 Å². The van der Waals surface area contributed by atoms with E-state index in [1.165, 1.54) is 0 Å². The average molecular weight is 234 g/mol. The molecule has 0 bridgehead atoms. The molecule has 0 aromatic carbocycles. The highest BCUT2D eigenvalue weighted by Gasteiger charge is 2.29. The second-order valence-electron chi connectivity index (χ2n) is 2.55. The molecule has 0 spiro atoms. The topological polar surface area (TPSA) is 54.5 Å². The molecular weight excluding hydrogens is 226 g/mol. The molecule has 0 atom stereocenters. The fourth-order valence-electron chi connectivity index (χ4n) is 1.02. The lowest BCUT2D eigenvalue weighted by Crippen LogP contribution is -2.34. The first kappa shape index (κ1) is 9.38. The molecule has 0 unspecified atom stereocenters. The minimum absolute atomic E-state index is 0.0804.